The van der Waals surface area contributed by atoms with Crippen LogP contribution in [0, 0.1) is 13.8 Å². The second-order valence-corrected chi connectivity index (χ2v) is 5.37. The van der Waals surface area contributed by atoms with Crippen LogP contribution in [0.15, 0.2) is 10.5 Å². The van der Waals surface area contributed by atoms with Gasteiger partial charge in [-0.2, -0.15) is 0 Å². The SMILES string of the molecule is Cc1cc(C)c(C(=O)N2CCC(OCCCN)CC2)o1.Cl. The Hall–Kier alpha value is -1.04. The summed E-state index contributed by atoms with van der Waals surface area (Å²) in [6.45, 7) is 6.60. The highest BCUT2D eigenvalue weighted by Gasteiger charge is 2.26. The number of nitrogens with two attached hydrogens (primary N) is 1. The highest BCUT2D eigenvalue weighted by atomic mass is 35.5. The van der Waals surface area contributed by atoms with Gasteiger partial charge in [-0.05, 0) is 45.7 Å². The number of likely N-dealkylation sites (tertiary alicyclic amines) is 1. The van der Waals surface area contributed by atoms with Crippen LogP contribution in [0.3, 0.4) is 0 Å². The number of amides is 1. The van der Waals surface area contributed by atoms with Gasteiger partial charge in [0.15, 0.2) is 5.76 Å². The number of carbonyl (C=O) groups is 1. The van der Waals surface area contributed by atoms with Crippen LogP contribution in [0.25, 0.3) is 0 Å². The predicted octanol–water partition coefficient (Wildman–Crippen LogP) is 2.29. The lowest BCUT2D eigenvalue weighted by molar-refractivity contribution is 0.00759. The third kappa shape index (κ3) is 4.73. The summed E-state index contributed by atoms with van der Waals surface area (Å²) in [7, 11) is 0. The molecule has 0 aliphatic carbocycles. The Balaban J connectivity index is 0.00000220. The summed E-state index contributed by atoms with van der Waals surface area (Å²) in [5.41, 5.74) is 6.35. The number of nitrogens with zero attached hydrogens (tertiary/aromatic N) is 1. The van der Waals surface area contributed by atoms with Crippen LogP contribution in [0.4, 0.5) is 0 Å². The van der Waals surface area contributed by atoms with Crippen LogP contribution in [-0.2, 0) is 4.74 Å². The van der Waals surface area contributed by atoms with E-state index in [2.05, 4.69) is 0 Å². The number of furan rings is 1. The van der Waals surface area contributed by atoms with E-state index in [4.69, 9.17) is 14.9 Å². The van der Waals surface area contributed by atoms with E-state index in [-0.39, 0.29) is 24.4 Å². The predicted molar refractivity (Wildman–Crippen MR) is 84.0 cm³/mol. The zero-order valence-corrected chi connectivity index (χ0v) is 13.6. The van der Waals surface area contributed by atoms with E-state index in [0.717, 1.165) is 43.7 Å². The lowest BCUT2D eigenvalue weighted by Crippen LogP contribution is -2.41. The minimum atomic E-state index is -0.00370. The maximum atomic E-state index is 12.4. The van der Waals surface area contributed by atoms with Crippen LogP contribution < -0.4 is 5.73 Å². The fourth-order valence-corrected chi connectivity index (χ4v) is 2.56. The van der Waals surface area contributed by atoms with Crippen LogP contribution in [0.1, 0.15) is 41.1 Å². The number of carbonyl (C=O) groups excluding carboxylic acids is 1. The molecule has 0 atom stereocenters. The van der Waals surface area contributed by atoms with Crippen LogP contribution in [-0.4, -0.2) is 43.2 Å². The summed E-state index contributed by atoms with van der Waals surface area (Å²) < 4.78 is 11.2. The van der Waals surface area contributed by atoms with Crippen molar-refractivity contribution in [1.82, 2.24) is 4.90 Å². The Morgan fingerprint density at radius 2 is 2.10 bits per heavy atom. The minimum Gasteiger partial charge on any atom is -0.456 e. The van der Waals surface area contributed by atoms with Crippen molar-refractivity contribution >= 4 is 18.3 Å². The van der Waals surface area contributed by atoms with Gasteiger partial charge in [0.2, 0.25) is 0 Å². The molecule has 2 heterocycles. The van der Waals surface area contributed by atoms with Gasteiger partial charge >= 0.3 is 0 Å². The first-order chi connectivity index (χ1) is 9.61. The molecule has 1 aromatic rings. The highest BCUT2D eigenvalue weighted by Crippen LogP contribution is 2.20. The van der Waals surface area contributed by atoms with Crippen LogP contribution >= 0.6 is 12.4 Å². The van der Waals surface area contributed by atoms with Gasteiger partial charge in [0, 0.05) is 25.3 Å². The summed E-state index contributed by atoms with van der Waals surface area (Å²) in [5, 5.41) is 0. The first-order valence-corrected chi connectivity index (χ1v) is 7.29. The number of aryl methyl sites for hydroxylation is 2. The minimum absolute atomic E-state index is 0. The standard InChI is InChI=1S/C15H24N2O3.ClH/c1-11-10-12(2)20-14(11)15(18)17-7-4-13(5-8-17)19-9-3-6-16;/h10,13H,3-9,16H2,1-2H3;1H. The Morgan fingerprint density at radius 3 is 2.62 bits per heavy atom. The van der Waals surface area contributed by atoms with Crippen molar-refractivity contribution in [3.8, 4) is 0 Å². The zero-order valence-electron chi connectivity index (χ0n) is 12.8. The molecule has 0 spiro atoms. The molecular formula is C15H25ClN2O3. The first-order valence-electron chi connectivity index (χ1n) is 7.29. The maximum Gasteiger partial charge on any atom is 0.289 e. The first kappa shape index (κ1) is 18.0. The Morgan fingerprint density at radius 1 is 1.43 bits per heavy atom. The lowest BCUT2D eigenvalue weighted by atomic mass is 10.1. The van der Waals surface area contributed by atoms with Gasteiger partial charge in [-0.1, -0.05) is 0 Å². The van der Waals surface area contributed by atoms with Gasteiger partial charge in [0.05, 0.1) is 6.10 Å². The molecule has 21 heavy (non-hydrogen) atoms. The number of hydrogen-bond donors (Lipinski definition) is 1. The number of rotatable bonds is 5. The molecule has 0 aromatic carbocycles. The molecule has 5 nitrogen and oxygen atoms in total. The van der Waals surface area contributed by atoms with E-state index in [9.17, 15) is 4.79 Å². The average Bonchev–Trinajstić information content (AvgIpc) is 2.78. The van der Waals surface area contributed by atoms with Crippen molar-refractivity contribution in [2.75, 3.05) is 26.2 Å². The van der Waals surface area contributed by atoms with E-state index in [1.807, 2.05) is 24.8 Å². The zero-order chi connectivity index (χ0) is 14.5. The smallest absolute Gasteiger partial charge is 0.289 e. The molecule has 1 fully saturated rings. The molecule has 6 heteroatoms. The molecule has 2 N–H and O–H groups in total. The van der Waals surface area contributed by atoms with Crippen LogP contribution in [0.2, 0.25) is 0 Å². The second-order valence-electron chi connectivity index (χ2n) is 5.37. The van der Waals surface area contributed by atoms with Crippen molar-refractivity contribution < 1.29 is 13.9 Å². The van der Waals surface area contributed by atoms with Gasteiger partial charge in [-0.15, -0.1) is 12.4 Å². The van der Waals surface area contributed by atoms with Crippen molar-refractivity contribution in [2.24, 2.45) is 5.73 Å². The maximum absolute atomic E-state index is 12.4. The molecule has 2 rings (SSSR count). The molecule has 1 saturated heterocycles. The normalized spacial score (nSPS) is 15.9. The summed E-state index contributed by atoms with van der Waals surface area (Å²) in [5.74, 6) is 1.26. The number of piperidine rings is 1. The second kappa shape index (κ2) is 8.41. The van der Waals surface area contributed by atoms with E-state index >= 15 is 0 Å². The molecule has 0 unspecified atom stereocenters. The quantitative estimate of drug-likeness (QED) is 0.846. The topological polar surface area (TPSA) is 68.7 Å². The van der Waals surface area contributed by atoms with Gasteiger partial charge in [-0.3, -0.25) is 4.79 Å². The van der Waals surface area contributed by atoms with Crippen molar-refractivity contribution in [2.45, 2.75) is 39.2 Å². The van der Waals surface area contributed by atoms with Gasteiger partial charge < -0.3 is 19.8 Å². The van der Waals surface area contributed by atoms with Gasteiger partial charge in [0.1, 0.15) is 5.76 Å². The molecule has 1 amide bonds. The van der Waals surface area contributed by atoms with Crippen LogP contribution in [0.5, 0.6) is 0 Å². The monoisotopic (exact) mass is 316 g/mol. The molecule has 1 aliphatic rings. The molecule has 0 radical (unpaired) electrons. The molecular weight excluding hydrogens is 292 g/mol. The molecule has 1 aromatic heterocycles. The third-order valence-electron chi connectivity index (χ3n) is 3.67. The largest absolute Gasteiger partial charge is 0.456 e. The summed E-state index contributed by atoms with van der Waals surface area (Å²) in [6.07, 6.45) is 2.92. The highest BCUT2D eigenvalue weighted by molar-refractivity contribution is 5.93. The Kier molecular flexibility index (Phi) is 7.22. The number of hydrogen-bond acceptors (Lipinski definition) is 4. The summed E-state index contributed by atoms with van der Waals surface area (Å²) >= 11 is 0. The lowest BCUT2D eigenvalue weighted by Gasteiger charge is -2.31. The van der Waals surface area contributed by atoms with Crippen molar-refractivity contribution in [3.63, 3.8) is 0 Å². The molecule has 0 saturated carbocycles. The van der Waals surface area contributed by atoms with Crippen molar-refractivity contribution in [1.29, 1.82) is 0 Å². The van der Waals surface area contributed by atoms with E-state index in [1.165, 1.54) is 0 Å². The number of ether oxygens (including phenoxy) is 1. The summed E-state index contributed by atoms with van der Waals surface area (Å²) in [6, 6.07) is 1.90. The fraction of sp³-hybridized carbons (Fsp3) is 0.667. The van der Waals surface area contributed by atoms with E-state index < -0.39 is 0 Å². The Labute approximate surface area is 132 Å². The van der Waals surface area contributed by atoms with Gasteiger partial charge in [0.25, 0.3) is 5.91 Å². The van der Waals surface area contributed by atoms with Gasteiger partial charge in [-0.25, -0.2) is 0 Å². The molecule has 120 valence electrons. The van der Waals surface area contributed by atoms with Crippen molar-refractivity contribution in [3.05, 3.63) is 23.2 Å². The molecule has 1 aliphatic heterocycles. The van der Waals surface area contributed by atoms with E-state index in [0.29, 0.717) is 18.9 Å². The summed E-state index contributed by atoms with van der Waals surface area (Å²) in [4.78, 5) is 14.2. The average molecular weight is 317 g/mol. The Bertz CT molecular complexity index is 454. The third-order valence-corrected chi connectivity index (χ3v) is 3.67. The van der Waals surface area contributed by atoms with E-state index in [1.54, 1.807) is 0 Å². The molecule has 0 bridgehead atoms. The fourth-order valence-electron chi connectivity index (χ4n) is 2.56. The number of halogens is 1.